The molecule has 0 aromatic carbocycles. The van der Waals surface area contributed by atoms with Crippen molar-refractivity contribution >= 4 is 11.6 Å². The van der Waals surface area contributed by atoms with E-state index in [4.69, 9.17) is 4.42 Å². The monoisotopic (exact) mass is 229 g/mol. The van der Waals surface area contributed by atoms with E-state index in [2.05, 4.69) is 20.4 Å². The van der Waals surface area contributed by atoms with Crippen LogP contribution in [-0.4, -0.2) is 19.6 Å². The summed E-state index contributed by atoms with van der Waals surface area (Å²) in [5, 5.41) is 7.35. The smallest absolute Gasteiger partial charge is 0.254 e. The number of hydrogen-bond donors (Lipinski definition) is 1. The van der Waals surface area contributed by atoms with Gasteiger partial charge in [-0.3, -0.25) is 0 Å². The Bertz CT molecular complexity index is 628. The van der Waals surface area contributed by atoms with Crippen LogP contribution in [0.4, 0.5) is 5.82 Å². The molecule has 0 atom stereocenters. The Morgan fingerprint density at radius 1 is 1.47 bits per heavy atom. The van der Waals surface area contributed by atoms with Crippen molar-refractivity contribution in [3.8, 4) is 0 Å². The van der Waals surface area contributed by atoms with Crippen LogP contribution >= 0.6 is 0 Å². The van der Waals surface area contributed by atoms with Gasteiger partial charge in [0.05, 0.1) is 12.8 Å². The number of nitrogens with zero attached hydrogens (tertiary/aromatic N) is 4. The predicted octanol–water partition coefficient (Wildman–Crippen LogP) is 1.64. The molecule has 0 bridgehead atoms. The molecule has 17 heavy (non-hydrogen) atoms. The lowest BCUT2D eigenvalue weighted by Crippen LogP contribution is -2.06. The Balaban J connectivity index is 1.91. The molecule has 3 aromatic heterocycles. The molecule has 0 saturated heterocycles. The molecule has 0 unspecified atom stereocenters. The molecule has 0 spiro atoms. The summed E-state index contributed by atoms with van der Waals surface area (Å²) in [6, 6.07) is 5.70. The molecule has 3 rings (SSSR count). The number of rotatable bonds is 3. The summed E-state index contributed by atoms with van der Waals surface area (Å²) in [7, 11) is 0. The van der Waals surface area contributed by atoms with Gasteiger partial charge in [0.2, 0.25) is 0 Å². The van der Waals surface area contributed by atoms with E-state index in [1.165, 1.54) is 6.33 Å². The molecule has 1 N–H and O–H groups in total. The van der Waals surface area contributed by atoms with Gasteiger partial charge >= 0.3 is 0 Å². The number of anilines is 1. The van der Waals surface area contributed by atoms with Crippen LogP contribution in [0.2, 0.25) is 0 Å². The first kappa shape index (κ1) is 9.83. The van der Waals surface area contributed by atoms with Crippen molar-refractivity contribution in [2.75, 3.05) is 5.32 Å². The van der Waals surface area contributed by atoms with Gasteiger partial charge in [0.1, 0.15) is 17.9 Å². The van der Waals surface area contributed by atoms with Gasteiger partial charge in [0.25, 0.3) is 5.78 Å². The van der Waals surface area contributed by atoms with Crippen LogP contribution in [0.3, 0.4) is 0 Å². The van der Waals surface area contributed by atoms with Crippen molar-refractivity contribution in [3.63, 3.8) is 0 Å². The molecule has 0 amide bonds. The third-order valence-corrected chi connectivity index (χ3v) is 2.40. The zero-order valence-corrected chi connectivity index (χ0v) is 9.29. The van der Waals surface area contributed by atoms with Crippen LogP contribution in [0.5, 0.6) is 0 Å². The number of hydrogen-bond acceptors (Lipinski definition) is 5. The van der Waals surface area contributed by atoms with Crippen molar-refractivity contribution in [2.45, 2.75) is 13.5 Å². The topological polar surface area (TPSA) is 68.2 Å². The fraction of sp³-hybridized carbons (Fsp3) is 0.182. The van der Waals surface area contributed by atoms with E-state index in [0.717, 1.165) is 17.3 Å². The minimum absolute atomic E-state index is 0.590. The van der Waals surface area contributed by atoms with Crippen molar-refractivity contribution in [2.24, 2.45) is 0 Å². The first-order valence-corrected chi connectivity index (χ1v) is 5.26. The third-order valence-electron chi connectivity index (χ3n) is 2.40. The largest absolute Gasteiger partial charge is 0.467 e. The highest BCUT2D eigenvalue weighted by Crippen LogP contribution is 2.11. The van der Waals surface area contributed by atoms with Crippen LogP contribution in [-0.2, 0) is 6.54 Å². The van der Waals surface area contributed by atoms with E-state index in [0.29, 0.717) is 12.3 Å². The SMILES string of the molecule is Cc1cc(NCc2ccco2)n2ncnc2n1. The van der Waals surface area contributed by atoms with E-state index in [1.54, 1.807) is 10.8 Å². The van der Waals surface area contributed by atoms with Crippen LogP contribution < -0.4 is 5.32 Å². The molecule has 6 nitrogen and oxygen atoms in total. The summed E-state index contributed by atoms with van der Waals surface area (Å²) in [5.74, 6) is 2.31. The molecule has 3 heterocycles. The van der Waals surface area contributed by atoms with Crippen molar-refractivity contribution < 1.29 is 4.42 Å². The molecule has 0 aliphatic heterocycles. The van der Waals surface area contributed by atoms with Crippen LogP contribution in [0, 0.1) is 6.92 Å². The number of fused-ring (bicyclic) bond motifs is 1. The molecule has 6 heteroatoms. The Hall–Kier alpha value is -2.37. The average molecular weight is 229 g/mol. The Morgan fingerprint density at radius 2 is 2.41 bits per heavy atom. The average Bonchev–Trinajstić information content (AvgIpc) is 2.95. The highest BCUT2D eigenvalue weighted by Gasteiger charge is 2.05. The van der Waals surface area contributed by atoms with Gasteiger partial charge in [0, 0.05) is 11.8 Å². The maximum absolute atomic E-state index is 5.26. The normalized spacial score (nSPS) is 10.9. The summed E-state index contributed by atoms with van der Waals surface area (Å²) in [6.07, 6.45) is 3.14. The fourth-order valence-electron chi connectivity index (χ4n) is 1.65. The van der Waals surface area contributed by atoms with Crippen LogP contribution in [0.15, 0.2) is 35.2 Å². The Kier molecular flexibility index (Phi) is 2.25. The first-order valence-electron chi connectivity index (χ1n) is 5.26. The molecule has 0 aliphatic carbocycles. The van der Waals surface area contributed by atoms with Crippen molar-refractivity contribution in [3.05, 3.63) is 42.2 Å². The van der Waals surface area contributed by atoms with Crippen LogP contribution in [0.25, 0.3) is 5.78 Å². The van der Waals surface area contributed by atoms with E-state index in [9.17, 15) is 0 Å². The first-order chi connectivity index (χ1) is 8.33. The third kappa shape index (κ3) is 1.84. The lowest BCUT2D eigenvalue weighted by Gasteiger charge is -2.06. The second-order valence-electron chi connectivity index (χ2n) is 3.69. The molecular formula is C11H11N5O. The molecule has 3 aromatic rings. The Labute approximate surface area is 97.3 Å². The van der Waals surface area contributed by atoms with E-state index >= 15 is 0 Å². The van der Waals surface area contributed by atoms with Gasteiger partial charge in [-0.15, -0.1) is 0 Å². The minimum Gasteiger partial charge on any atom is -0.467 e. The quantitative estimate of drug-likeness (QED) is 0.739. The highest BCUT2D eigenvalue weighted by atomic mass is 16.3. The highest BCUT2D eigenvalue weighted by molar-refractivity contribution is 5.44. The molecule has 0 fully saturated rings. The summed E-state index contributed by atoms with van der Waals surface area (Å²) in [4.78, 5) is 8.33. The number of aryl methyl sites for hydroxylation is 1. The van der Waals surface area contributed by atoms with Gasteiger partial charge in [-0.2, -0.15) is 14.6 Å². The van der Waals surface area contributed by atoms with Gasteiger partial charge in [-0.25, -0.2) is 4.98 Å². The summed E-state index contributed by atoms with van der Waals surface area (Å²) < 4.78 is 6.92. The zero-order valence-electron chi connectivity index (χ0n) is 9.29. The maximum Gasteiger partial charge on any atom is 0.254 e. The fourth-order valence-corrected chi connectivity index (χ4v) is 1.65. The van der Waals surface area contributed by atoms with Crippen LogP contribution in [0.1, 0.15) is 11.5 Å². The van der Waals surface area contributed by atoms with Gasteiger partial charge < -0.3 is 9.73 Å². The lowest BCUT2D eigenvalue weighted by atomic mass is 10.4. The van der Waals surface area contributed by atoms with E-state index in [1.807, 2.05) is 25.1 Å². The second kappa shape index (κ2) is 3.89. The Morgan fingerprint density at radius 3 is 3.24 bits per heavy atom. The van der Waals surface area contributed by atoms with Gasteiger partial charge in [0.15, 0.2) is 0 Å². The summed E-state index contributed by atoms with van der Waals surface area (Å²) in [6.45, 7) is 2.53. The molecule has 0 saturated carbocycles. The standard InChI is InChI=1S/C11H11N5O/c1-8-5-10(12-6-9-3-2-4-17-9)16-11(15-8)13-7-14-16/h2-5,7,12H,6H2,1H3. The van der Waals surface area contributed by atoms with E-state index in [-0.39, 0.29) is 0 Å². The summed E-state index contributed by atoms with van der Waals surface area (Å²) >= 11 is 0. The van der Waals surface area contributed by atoms with Crippen molar-refractivity contribution in [1.29, 1.82) is 0 Å². The zero-order chi connectivity index (χ0) is 11.7. The van der Waals surface area contributed by atoms with E-state index < -0.39 is 0 Å². The minimum atomic E-state index is 0.590. The molecule has 0 radical (unpaired) electrons. The number of furan rings is 1. The molecule has 86 valence electrons. The van der Waals surface area contributed by atoms with Crippen molar-refractivity contribution in [1.82, 2.24) is 19.6 Å². The molecular weight excluding hydrogens is 218 g/mol. The number of aromatic nitrogens is 4. The lowest BCUT2D eigenvalue weighted by molar-refractivity contribution is 0.517. The summed E-state index contributed by atoms with van der Waals surface area (Å²) in [5.41, 5.74) is 0.896. The molecule has 0 aliphatic rings. The van der Waals surface area contributed by atoms with Gasteiger partial charge in [-0.05, 0) is 19.1 Å². The second-order valence-corrected chi connectivity index (χ2v) is 3.69. The maximum atomic E-state index is 5.26. The number of nitrogens with one attached hydrogen (secondary N) is 1. The van der Waals surface area contributed by atoms with Gasteiger partial charge in [-0.1, -0.05) is 0 Å². The predicted molar refractivity (Wildman–Crippen MR) is 61.6 cm³/mol.